The highest BCUT2D eigenvalue weighted by atomic mass is 32.2. The first-order valence-electron chi connectivity index (χ1n) is 8.16. The Labute approximate surface area is 145 Å². The Kier molecular flexibility index (Phi) is 5.21. The van der Waals surface area contributed by atoms with Gasteiger partial charge in [0.25, 0.3) is 0 Å². The summed E-state index contributed by atoms with van der Waals surface area (Å²) in [4.78, 5) is 23.3. The van der Waals surface area contributed by atoms with E-state index in [0.29, 0.717) is 5.75 Å². The third kappa shape index (κ3) is 3.69. The summed E-state index contributed by atoms with van der Waals surface area (Å²) in [5.41, 5.74) is 1.40. The number of rotatable bonds is 5. The van der Waals surface area contributed by atoms with Gasteiger partial charge in [-0.25, -0.2) is 9.97 Å². The van der Waals surface area contributed by atoms with Crippen LogP contribution < -0.4 is 0 Å². The molecule has 0 radical (unpaired) electrons. The summed E-state index contributed by atoms with van der Waals surface area (Å²) in [7, 11) is 0. The molecular formula is C17H22N2O2S2. The second-order valence-electron chi connectivity index (χ2n) is 6.21. The van der Waals surface area contributed by atoms with E-state index in [9.17, 15) is 4.79 Å². The van der Waals surface area contributed by atoms with Gasteiger partial charge in [-0.3, -0.25) is 4.79 Å². The van der Waals surface area contributed by atoms with Crippen molar-refractivity contribution in [3.05, 3.63) is 16.8 Å². The number of hydrogen-bond donors (Lipinski definition) is 0. The molecule has 23 heavy (non-hydrogen) atoms. The highest BCUT2D eigenvalue weighted by Crippen LogP contribution is 2.40. The minimum absolute atomic E-state index is 0.0242. The number of aromatic nitrogens is 2. The van der Waals surface area contributed by atoms with Gasteiger partial charge in [0, 0.05) is 10.3 Å². The fourth-order valence-corrected chi connectivity index (χ4v) is 5.05. The van der Waals surface area contributed by atoms with Gasteiger partial charge in [-0.05, 0) is 44.1 Å². The average molecular weight is 351 g/mol. The largest absolute Gasteiger partial charge is 0.462 e. The standard InChI is InChI=1S/C17H22N2O2S2/c1-4-11(3)21-14(20)8-22-16-15-12-6-5-10(2)7-13(12)23-17(15)19-9-18-16/h9-11H,4-8H2,1-3H3/t10-,11+/m0/s1. The fraction of sp³-hybridized carbons (Fsp3) is 0.588. The Balaban J connectivity index is 1.80. The maximum Gasteiger partial charge on any atom is 0.316 e. The minimum atomic E-state index is -0.172. The summed E-state index contributed by atoms with van der Waals surface area (Å²) in [6, 6.07) is 0. The van der Waals surface area contributed by atoms with Gasteiger partial charge < -0.3 is 4.74 Å². The lowest BCUT2D eigenvalue weighted by Crippen LogP contribution is -2.15. The van der Waals surface area contributed by atoms with Crippen LogP contribution in [0.15, 0.2) is 11.4 Å². The van der Waals surface area contributed by atoms with Crippen LogP contribution in [0.1, 0.15) is 44.1 Å². The molecule has 1 aliphatic rings. The second kappa shape index (κ2) is 7.18. The van der Waals surface area contributed by atoms with Crippen LogP contribution in [0.3, 0.4) is 0 Å². The summed E-state index contributed by atoms with van der Waals surface area (Å²) in [5, 5.41) is 2.09. The fourth-order valence-electron chi connectivity index (χ4n) is 2.82. The summed E-state index contributed by atoms with van der Waals surface area (Å²) in [5.74, 6) is 0.872. The van der Waals surface area contributed by atoms with Crippen LogP contribution in [0.2, 0.25) is 0 Å². The van der Waals surface area contributed by atoms with Crippen molar-refractivity contribution in [2.24, 2.45) is 5.92 Å². The lowest BCUT2D eigenvalue weighted by molar-refractivity contribution is -0.144. The van der Waals surface area contributed by atoms with Crippen LogP contribution in [0.25, 0.3) is 10.2 Å². The normalized spacial score (nSPS) is 18.7. The first-order chi connectivity index (χ1) is 11.1. The molecule has 0 aromatic carbocycles. The molecule has 124 valence electrons. The third-order valence-corrected chi connectivity index (χ3v) is 6.42. The van der Waals surface area contributed by atoms with Gasteiger partial charge in [-0.15, -0.1) is 11.3 Å². The number of aryl methyl sites for hydroxylation is 1. The molecule has 0 saturated heterocycles. The molecule has 2 heterocycles. The molecule has 4 nitrogen and oxygen atoms in total. The van der Waals surface area contributed by atoms with E-state index in [1.807, 2.05) is 13.8 Å². The van der Waals surface area contributed by atoms with Crippen LogP contribution in [0, 0.1) is 5.92 Å². The van der Waals surface area contributed by atoms with E-state index in [1.54, 1.807) is 17.7 Å². The molecule has 6 heteroatoms. The molecular weight excluding hydrogens is 328 g/mol. The van der Waals surface area contributed by atoms with Crippen LogP contribution in [0.5, 0.6) is 0 Å². The van der Waals surface area contributed by atoms with Crippen molar-refractivity contribution in [1.82, 2.24) is 9.97 Å². The number of ether oxygens (including phenoxy) is 1. The zero-order chi connectivity index (χ0) is 16.4. The van der Waals surface area contributed by atoms with Crippen molar-refractivity contribution in [1.29, 1.82) is 0 Å². The summed E-state index contributed by atoms with van der Waals surface area (Å²) in [6.07, 6.45) is 5.86. The monoisotopic (exact) mass is 350 g/mol. The molecule has 0 N–H and O–H groups in total. The number of thiophene rings is 1. The Hall–Kier alpha value is -1.14. The Morgan fingerprint density at radius 2 is 2.35 bits per heavy atom. The summed E-state index contributed by atoms with van der Waals surface area (Å²) >= 11 is 3.26. The molecule has 0 saturated carbocycles. The number of nitrogens with zero attached hydrogens (tertiary/aromatic N) is 2. The van der Waals surface area contributed by atoms with Crippen LogP contribution in [-0.4, -0.2) is 27.8 Å². The van der Waals surface area contributed by atoms with Gasteiger partial charge in [0.15, 0.2) is 0 Å². The number of carbonyl (C=O) groups is 1. The van der Waals surface area contributed by atoms with Crippen molar-refractivity contribution >= 4 is 39.3 Å². The van der Waals surface area contributed by atoms with E-state index in [2.05, 4.69) is 16.9 Å². The number of carbonyl (C=O) groups excluding carboxylic acids is 1. The predicted molar refractivity (Wildman–Crippen MR) is 95.2 cm³/mol. The topological polar surface area (TPSA) is 52.1 Å². The molecule has 1 aliphatic carbocycles. The molecule has 0 aliphatic heterocycles. The van der Waals surface area contributed by atoms with E-state index in [-0.39, 0.29) is 12.1 Å². The quantitative estimate of drug-likeness (QED) is 0.458. The van der Waals surface area contributed by atoms with Gasteiger partial charge in [0.05, 0.1) is 11.9 Å². The van der Waals surface area contributed by atoms with Gasteiger partial charge in [-0.1, -0.05) is 25.6 Å². The van der Waals surface area contributed by atoms with Crippen LogP contribution in [0.4, 0.5) is 0 Å². The Morgan fingerprint density at radius 1 is 1.52 bits per heavy atom. The molecule has 2 aromatic rings. The van der Waals surface area contributed by atoms with Gasteiger partial charge in [0.1, 0.15) is 16.2 Å². The van der Waals surface area contributed by atoms with Crippen molar-refractivity contribution < 1.29 is 9.53 Å². The molecule has 0 amide bonds. The van der Waals surface area contributed by atoms with Crippen LogP contribution >= 0.6 is 23.1 Å². The van der Waals surface area contributed by atoms with E-state index in [1.165, 1.54) is 34.0 Å². The smallest absolute Gasteiger partial charge is 0.316 e. The van der Waals surface area contributed by atoms with Gasteiger partial charge in [0.2, 0.25) is 0 Å². The van der Waals surface area contributed by atoms with E-state index < -0.39 is 0 Å². The SMILES string of the molecule is CC[C@@H](C)OC(=O)CSc1ncnc2sc3c(c12)CC[C@H](C)C3. The van der Waals surface area contributed by atoms with Crippen molar-refractivity contribution in [3.63, 3.8) is 0 Å². The highest BCUT2D eigenvalue weighted by Gasteiger charge is 2.23. The van der Waals surface area contributed by atoms with Gasteiger partial charge in [-0.2, -0.15) is 0 Å². The third-order valence-electron chi connectivity index (χ3n) is 4.29. The van der Waals surface area contributed by atoms with Gasteiger partial charge >= 0.3 is 5.97 Å². The first-order valence-corrected chi connectivity index (χ1v) is 9.96. The van der Waals surface area contributed by atoms with E-state index >= 15 is 0 Å². The molecule has 0 unspecified atom stereocenters. The highest BCUT2D eigenvalue weighted by molar-refractivity contribution is 8.00. The van der Waals surface area contributed by atoms with Crippen LogP contribution in [-0.2, 0) is 22.4 Å². The molecule has 0 fully saturated rings. The second-order valence-corrected chi connectivity index (χ2v) is 8.26. The number of fused-ring (bicyclic) bond motifs is 3. The molecule has 0 bridgehead atoms. The maximum atomic E-state index is 11.9. The average Bonchev–Trinajstić information content (AvgIpc) is 2.90. The zero-order valence-corrected chi connectivity index (χ0v) is 15.4. The molecule has 2 atom stereocenters. The van der Waals surface area contributed by atoms with Crippen molar-refractivity contribution in [2.45, 2.75) is 57.6 Å². The number of esters is 1. The summed E-state index contributed by atoms with van der Waals surface area (Å²) < 4.78 is 5.34. The number of thioether (sulfide) groups is 1. The van der Waals surface area contributed by atoms with Crippen molar-refractivity contribution in [3.8, 4) is 0 Å². The first kappa shape index (κ1) is 16.7. The minimum Gasteiger partial charge on any atom is -0.462 e. The molecule has 0 spiro atoms. The zero-order valence-electron chi connectivity index (χ0n) is 13.8. The Bertz CT molecular complexity index is 714. The predicted octanol–water partition coefficient (Wildman–Crippen LogP) is 4.25. The lowest BCUT2D eigenvalue weighted by Gasteiger charge is -2.18. The molecule has 2 aromatic heterocycles. The van der Waals surface area contributed by atoms with Crippen molar-refractivity contribution in [2.75, 3.05) is 5.75 Å². The van der Waals surface area contributed by atoms with E-state index in [4.69, 9.17) is 4.74 Å². The maximum absolute atomic E-state index is 11.9. The lowest BCUT2D eigenvalue weighted by atomic mass is 9.89. The Morgan fingerprint density at radius 3 is 3.13 bits per heavy atom. The summed E-state index contributed by atoms with van der Waals surface area (Å²) in [6.45, 7) is 6.24. The number of hydrogen-bond acceptors (Lipinski definition) is 6. The van der Waals surface area contributed by atoms with E-state index in [0.717, 1.165) is 35.0 Å². The molecule has 3 rings (SSSR count).